The number of H-pyrrole nitrogens is 1. The summed E-state index contributed by atoms with van der Waals surface area (Å²) in [5.41, 5.74) is 4.35. The van der Waals surface area contributed by atoms with Gasteiger partial charge in [0, 0.05) is 24.2 Å². The molecule has 1 aliphatic rings. The van der Waals surface area contributed by atoms with E-state index in [2.05, 4.69) is 32.5 Å². The summed E-state index contributed by atoms with van der Waals surface area (Å²) < 4.78 is 1.99. The molecule has 1 aliphatic heterocycles. The zero-order valence-corrected chi connectivity index (χ0v) is 15.9. The third-order valence-electron chi connectivity index (χ3n) is 5.35. The second kappa shape index (κ2) is 6.98. The molecule has 0 saturated carbocycles. The van der Waals surface area contributed by atoms with E-state index in [1.807, 2.05) is 48.4 Å². The van der Waals surface area contributed by atoms with Gasteiger partial charge in [-0.2, -0.15) is 5.10 Å². The van der Waals surface area contributed by atoms with Crippen molar-refractivity contribution in [2.45, 2.75) is 46.2 Å². The number of aromatic amines is 1. The Kier molecular flexibility index (Phi) is 4.51. The van der Waals surface area contributed by atoms with Gasteiger partial charge in [-0.25, -0.2) is 0 Å². The SMILES string of the molecule is Cc1n[nH]c(C)c1Cc1nnc2n1[C@@H](C)C(=O)N(CCc1ccccc1)C2. The Morgan fingerprint density at radius 2 is 1.96 bits per heavy atom. The lowest BCUT2D eigenvalue weighted by atomic mass is 10.1. The number of aromatic nitrogens is 5. The van der Waals surface area contributed by atoms with Crippen LogP contribution in [-0.4, -0.2) is 42.3 Å². The number of amides is 1. The first kappa shape index (κ1) is 17.5. The zero-order valence-electron chi connectivity index (χ0n) is 15.9. The monoisotopic (exact) mass is 364 g/mol. The minimum Gasteiger partial charge on any atom is -0.333 e. The van der Waals surface area contributed by atoms with E-state index in [1.54, 1.807) is 0 Å². The van der Waals surface area contributed by atoms with Crippen LogP contribution < -0.4 is 0 Å². The molecule has 3 aromatic rings. The van der Waals surface area contributed by atoms with Crippen LogP contribution in [0.1, 0.15) is 47.1 Å². The standard InChI is InChI=1S/C20H24N6O/c1-13-17(14(2)22-21-13)11-18-23-24-19-12-25(20(27)15(3)26(18)19)10-9-16-7-5-4-6-8-16/h4-8,15H,9-12H2,1-3H3,(H,21,22)/t15-/m0/s1. The molecule has 1 N–H and O–H groups in total. The third kappa shape index (κ3) is 3.25. The molecule has 1 aromatic carbocycles. The summed E-state index contributed by atoms with van der Waals surface area (Å²) >= 11 is 0. The van der Waals surface area contributed by atoms with Crippen molar-refractivity contribution in [3.63, 3.8) is 0 Å². The van der Waals surface area contributed by atoms with E-state index in [0.29, 0.717) is 19.5 Å². The fourth-order valence-corrected chi connectivity index (χ4v) is 3.75. The molecule has 27 heavy (non-hydrogen) atoms. The van der Waals surface area contributed by atoms with Crippen molar-refractivity contribution < 1.29 is 4.79 Å². The van der Waals surface area contributed by atoms with E-state index in [1.165, 1.54) is 5.56 Å². The van der Waals surface area contributed by atoms with Crippen LogP contribution in [0.3, 0.4) is 0 Å². The number of hydrogen-bond donors (Lipinski definition) is 1. The average Bonchev–Trinajstić information content (AvgIpc) is 3.22. The van der Waals surface area contributed by atoms with Gasteiger partial charge in [-0.05, 0) is 32.8 Å². The van der Waals surface area contributed by atoms with Crippen LogP contribution in [0.25, 0.3) is 0 Å². The Morgan fingerprint density at radius 3 is 2.67 bits per heavy atom. The van der Waals surface area contributed by atoms with Gasteiger partial charge in [0.25, 0.3) is 0 Å². The molecule has 0 fully saturated rings. The highest BCUT2D eigenvalue weighted by molar-refractivity contribution is 5.81. The van der Waals surface area contributed by atoms with Crippen molar-refractivity contribution >= 4 is 5.91 Å². The van der Waals surface area contributed by atoms with Gasteiger partial charge in [-0.15, -0.1) is 10.2 Å². The molecule has 1 atom stereocenters. The van der Waals surface area contributed by atoms with E-state index < -0.39 is 0 Å². The molecule has 0 radical (unpaired) electrons. The number of hydrogen-bond acceptors (Lipinski definition) is 4. The summed E-state index contributed by atoms with van der Waals surface area (Å²) in [6, 6.07) is 9.95. The van der Waals surface area contributed by atoms with Crippen LogP contribution in [0.15, 0.2) is 30.3 Å². The molecular weight excluding hydrogens is 340 g/mol. The number of aryl methyl sites for hydroxylation is 2. The van der Waals surface area contributed by atoms with Crippen molar-refractivity contribution in [3.05, 3.63) is 64.5 Å². The first-order valence-electron chi connectivity index (χ1n) is 9.30. The third-order valence-corrected chi connectivity index (χ3v) is 5.35. The van der Waals surface area contributed by atoms with Gasteiger partial charge in [0.2, 0.25) is 5.91 Å². The van der Waals surface area contributed by atoms with Crippen molar-refractivity contribution in [2.24, 2.45) is 0 Å². The maximum absolute atomic E-state index is 12.9. The molecule has 0 spiro atoms. The average molecular weight is 364 g/mol. The Morgan fingerprint density at radius 1 is 1.19 bits per heavy atom. The minimum absolute atomic E-state index is 0.125. The Labute approximate surface area is 158 Å². The lowest BCUT2D eigenvalue weighted by molar-refractivity contribution is -0.137. The summed E-state index contributed by atoms with van der Waals surface area (Å²) in [4.78, 5) is 14.8. The predicted octanol–water partition coefficient (Wildman–Crippen LogP) is 2.35. The number of rotatable bonds is 5. The van der Waals surface area contributed by atoms with Crippen LogP contribution in [0.2, 0.25) is 0 Å². The molecule has 0 bridgehead atoms. The van der Waals surface area contributed by atoms with Crippen molar-refractivity contribution in [2.75, 3.05) is 6.54 Å². The molecule has 1 amide bonds. The molecule has 7 nitrogen and oxygen atoms in total. The number of nitrogens with zero attached hydrogens (tertiary/aromatic N) is 5. The van der Waals surface area contributed by atoms with Crippen molar-refractivity contribution in [3.8, 4) is 0 Å². The molecule has 3 heterocycles. The zero-order chi connectivity index (χ0) is 19.0. The highest BCUT2D eigenvalue weighted by atomic mass is 16.2. The molecular formula is C20H24N6O. The first-order valence-corrected chi connectivity index (χ1v) is 9.30. The van der Waals surface area contributed by atoms with Gasteiger partial charge in [-0.1, -0.05) is 30.3 Å². The molecule has 4 rings (SSSR count). The van der Waals surface area contributed by atoms with E-state index in [-0.39, 0.29) is 11.9 Å². The molecule has 140 valence electrons. The molecule has 0 saturated heterocycles. The highest BCUT2D eigenvalue weighted by Crippen LogP contribution is 2.25. The smallest absolute Gasteiger partial charge is 0.245 e. The summed E-state index contributed by atoms with van der Waals surface area (Å²) in [6.07, 6.45) is 1.47. The van der Waals surface area contributed by atoms with Gasteiger partial charge < -0.3 is 9.47 Å². The summed E-state index contributed by atoms with van der Waals surface area (Å²) in [5, 5.41) is 16.0. The minimum atomic E-state index is -0.290. The first-order chi connectivity index (χ1) is 13.0. The summed E-state index contributed by atoms with van der Waals surface area (Å²) in [5.74, 6) is 1.80. The van der Waals surface area contributed by atoms with Crippen LogP contribution >= 0.6 is 0 Å². The lowest BCUT2D eigenvalue weighted by Crippen LogP contribution is -2.43. The number of fused-ring (bicyclic) bond motifs is 1. The highest BCUT2D eigenvalue weighted by Gasteiger charge is 2.33. The fraction of sp³-hybridized carbons (Fsp3) is 0.400. The number of nitrogens with one attached hydrogen (secondary N) is 1. The van der Waals surface area contributed by atoms with Crippen LogP contribution in [0.5, 0.6) is 0 Å². The topological polar surface area (TPSA) is 79.7 Å². The van der Waals surface area contributed by atoms with Gasteiger partial charge in [0.15, 0.2) is 5.82 Å². The summed E-state index contributed by atoms with van der Waals surface area (Å²) in [6.45, 7) is 7.11. The fourth-order valence-electron chi connectivity index (χ4n) is 3.75. The van der Waals surface area contributed by atoms with Crippen molar-refractivity contribution in [1.29, 1.82) is 0 Å². The Balaban J connectivity index is 1.53. The maximum atomic E-state index is 12.9. The van der Waals surface area contributed by atoms with E-state index in [4.69, 9.17) is 0 Å². The molecule has 7 heteroatoms. The Bertz CT molecular complexity index is 939. The van der Waals surface area contributed by atoms with Crippen LogP contribution in [0.4, 0.5) is 0 Å². The molecule has 0 unspecified atom stereocenters. The number of carbonyl (C=O) groups is 1. The second-order valence-electron chi connectivity index (χ2n) is 7.16. The van der Waals surface area contributed by atoms with Crippen molar-refractivity contribution in [1.82, 2.24) is 29.9 Å². The van der Waals surface area contributed by atoms with E-state index in [9.17, 15) is 4.79 Å². The quantitative estimate of drug-likeness (QED) is 0.754. The maximum Gasteiger partial charge on any atom is 0.245 e. The van der Waals surface area contributed by atoms with Crippen LogP contribution in [0, 0.1) is 13.8 Å². The molecule has 0 aliphatic carbocycles. The molecule has 2 aromatic heterocycles. The number of carbonyl (C=O) groups excluding carboxylic acids is 1. The predicted molar refractivity (Wildman–Crippen MR) is 101 cm³/mol. The largest absolute Gasteiger partial charge is 0.333 e. The normalized spacial score (nSPS) is 16.6. The lowest BCUT2D eigenvalue weighted by Gasteiger charge is -2.32. The summed E-state index contributed by atoms with van der Waals surface area (Å²) in [7, 11) is 0. The Hall–Kier alpha value is -2.96. The van der Waals surface area contributed by atoms with Crippen LogP contribution in [-0.2, 0) is 24.2 Å². The second-order valence-corrected chi connectivity index (χ2v) is 7.16. The van der Waals surface area contributed by atoms with E-state index >= 15 is 0 Å². The van der Waals surface area contributed by atoms with Gasteiger partial charge in [-0.3, -0.25) is 9.89 Å². The van der Waals surface area contributed by atoms with E-state index in [0.717, 1.165) is 35.0 Å². The van der Waals surface area contributed by atoms with Gasteiger partial charge in [0.05, 0.1) is 12.2 Å². The number of benzene rings is 1. The van der Waals surface area contributed by atoms with Gasteiger partial charge in [0.1, 0.15) is 11.9 Å². The van der Waals surface area contributed by atoms with Gasteiger partial charge >= 0.3 is 0 Å².